The van der Waals surface area contributed by atoms with Crippen molar-refractivity contribution in [3.05, 3.63) is 48.1 Å². The number of cyclic esters (lactones) is 1. The van der Waals surface area contributed by atoms with Crippen molar-refractivity contribution >= 4 is 23.4 Å². The monoisotopic (exact) mass is 587 g/mol. The van der Waals surface area contributed by atoms with Crippen molar-refractivity contribution < 1.29 is 34.1 Å². The maximum atomic E-state index is 13.0. The Balaban J connectivity index is 3.15. The van der Waals surface area contributed by atoms with Crippen molar-refractivity contribution in [2.24, 2.45) is 23.7 Å². The van der Waals surface area contributed by atoms with Crippen molar-refractivity contribution in [2.45, 2.75) is 118 Å². The van der Waals surface area contributed by atoms with Crippen molar-refractivity contribution in [3.8, 4) is 0 Å². The van der Waals surface area contributed by atoms with E-state index in [2.05, 4.69) is 11.9 Å². The second kappa shape index (κ2) is 18.6. The summed E-state index contributed by atoms with van der Waals surface area (Å²) in [5.74, 6) is -2.69. The highest BCUT2D eigenvalue weighted by molar-refractivity contribution is 5.99. The van der Waals surface area contributed by atoms with Gasteiger partial charge in [0, 0.05) is 35.8 Å². The molecule has 0 bridgehead atoms. The number of allylic oxidation sites excluding steroid dienone is 3. The Morgan fingerprint density at radius 1 is 1.10 bits per heavy atom. The molecular weight excluding hydrogens is 534 g/mol. The van der Waals surface area contributed by atoms with Crippen molar-refractivity contribution in [2.75, 3.05) is 0 Å². The molecule has 1 heterocycles. The first-order chi connectivity index (χ1) is 19.7. The molecule has 236 valence electrons. The molecule has 0 saturated heterocycles. The molecule has 8 nitrogen and oxygen atoms in total. The number of ether oxygens (including phenoxy) is 1. The standard InChI is InChI=1S/C34H53NO7/c1-9-10-22(3)29(36)17-12-21(2)11-15-28-16-13-23(4)31(38)20-32(39)35-26(7)14-18-30(37)27(8)33(40)24(5)19-25(6)34(41)42-28/h9-11,15,19,21,23-24,26-29,33,36,40H,1,12-14,16-18,20H2,2-8H3,(H,35,39). The minimum absolute atomic E-state index is 0.0995. The molecular formula is C34H53NO7. The van der Waals surface area contributed by atoms with Gasteiger partial charge in [-0.25, -0.2) is 4.79 Å². The molecule has 0 aromatic rings. The lowest BCUT2D eigenvalue weighted by atomic mass is 9.87. The molecule has 0 aliphatic carbocycles. The molecule has 1 aliphatic heterocycles. The largest absolute Gasteiger partial charge is 0.455 e. The number of amides is 1. The van der Waals surface area contributed by atoms with Crippen molar-refractivity contribution in [1.29, 1.82) is 0 Å². The zero-order chi connectivity index (χ0) is 32.0. The topological polar surface area (TPSA) is 130 Å². The lowest BCUT2D eigenvalue weighted by Crippen LogP contribution is -2.36. The molecule has 3 N–H and O–H groups in total. The molecule has 8 heteroatoms. The third kappa shape index (κ3) is 13.4. The van der Waals surface area contributed by atoms with Gasteiger partial charge in [-0.1, -0.05) is 58.6 Å². The second-order valence-corrected chi connectivity index (χ2v) is 12.1. The fourth-order valence-corrected chi connectivity index (χ4v) is 4.88. The van der Waals surface area contributed by atoms with Crippen LogP contribution in [0.25, 0.3) is 0 Å². The van der Waals surface area contributed by atoms with Gasteiger partial charge in [-0.2, -0.15) is 0 Å². The van der Waals surface area contributed by atoms with Gasteiger partial charge in [-0.05, 0) is 70.4 Å². The summed E-state index contributed by atoms with van der Waals surface area (Å²) in [6.45, 7) is 16.1. The van der Waals surface area contributed by atoms with E-state index >= 15 is 0 Å². The van der Waals surface area contributed by atoms with E-state index in [1.165, 1.54) is 0 Å². The molecule has 42 heavy (non-hydrogen) atoms. The van der Waals surface area contributed by atoms with Crippen LogP contribution in [-0.4, -0.2) is 58.0 Å². The summed E-state index contributed by atoms with van der Waals surface area (Å²) in [5, 5.41) is 23.9. The number of hydrogen-bond donors (Lipinski definition) is 3. The second-order valence-electron chi connectivity index (χ2n) is 12.1. The average molecular weight is 588 g/mol. The highest BCUT2D eigenvalue weighted by Crippen LogP contribution is 2.22. The molecule has 8 atom stereocenters. The van der Waals surface area contributed by atoms with E-state index in [0.29, 0.717) is 37.7 Å². The molecule has 1 aliphatic rings. The van der Waals surface area contributed by atoms with Crippen LogP contribution >= 0.6 is 0 Å². The predicted molar refractivity (Wildman–Crippen MR) is 165 cm³/mol. The van der Waals surface area contributed by atoms with Crippen LogP contribution in [0.2, 0.25) is 0 Å². The number of ketones is 2. The number of carbonyl (C=O) groups is 4. The Morgan fingerprint density at radius 3 is 2.40 bits per heavy atom. The smallest absolute Gasteiger partial charge is 0.333 e. The van der Waals surface area contributed by atoms with Gasteiger partial charge in [0.1, 0.15) is 17.7 Å². The SMILES string of the molecule is C=CC=C(C)C(O)CCC(C)C=CC1CCC(C)C(=O)CC(=O)NC(C)CCC(=O)C(C)C(O)C(C)C=C(C)C(=O)O1. The normalized spacial score (nSPS) is 29.9. The van der Waals surface area contributed by atoms with Gasteiger partial charge >= 0.3 is 5.97 Å². The highest BCUT2D eigenvalue weighted by Gasteiger charge is 2.28. The molecule has 0 aromatic heterocycles. The van der Waals surface area contributed by atoms with Crippen LogP contribution in [0, 0.1) is 23.7 Å². The number of aliphatic hydroxyl groups is 2. The molecule has 1 rings (SSSR count). The first-order valence-corrected chi connectivity index (χ1v) is 15.2. The first kappa shape index (κ1) is 37.2. The summed E-state index contributed by atoms with van der Waals surface area (Å²) in [6.07, 6.45) is 9.10. The van der Waals surface area contributed by atoms with E-state index in [-0.39, 0.29) is 42.3 Å². The van der Waals surface area contributed by atoms with E-state index in [1.807, 2.05) is 26.0 Å². The molecule has 8 unspecified atom stereocenters. The fourth-order valence-electron chi connectivity index (χ4n) is 4.88. The van der Waals surface area contributed by atoms with Crippen LogP contribution in [-0.2, 0) is 23.9 Å². The van der Waals surface area contributed by atoms with Gasteiger partial charge < -0.3 is 20.3 Å². The highest BCUT2D eigenvalue weighted by atomic mass is 16.5. The molecule has 0 aromatic carbocycles. The van der Waals surface area contributed by atoms with E-state index in [1.54, 1.807) is 52.8 Å². The van der Waals surface area contributed by atoms with Crippen LogP contribution in [0.15, 0.2) is 48.1 Å². The Labute approximate surface area is 252 Å². The van der Waals surface area contributed by atoms with Crippen LogP contribution in [0.4, 0.5) is 0 Å². The Bertz CT molecular complexity index is 1030. The van der Waals surface area contributed by atoms with Gasteiger partial charge in [0.2, 0.25) is 5.91 Å². The summed E-state index contributed by atoms with van der Waals surface area (Å²) < 4.78 is 5.82. The Hall–Kier alpha value is -2.84. The van der Waals surface area contributed by atoms with Crippen molar-refractivity contribution in [3.63, 3.8) is 0 Å². The van der Waals surface area contributed by atoms with Gasteiger partial charge in [-0.15, -0.1) is 0 Å². The van der Waals surface area contributed by atoms with Gasteiger partial charge in [0.25, 0.3) is 0 Å². The number of Topliss-reactive ketones (excluding diaryl/α,β-unsaturated/α-hetero) is 2. The zero-order valence-electron chi connectivity index (χ0n) is 26.6. The van der Waals surface area contributed by atoms with Crippen LogP contribution in [0.1, 0.15) is 93.4 Å². The van der Waals surface area contributed by atoms with Crippen molar-refractivity contribution in [1.82, 2.24) is 5.32 Å². The summed E-state index contributed by atoms with van der Waals surface area (Å²) in [7, 11) is 0. The molecule has 0 fully saturated rings. The number of aliphatic hydroxyl groups excluding tert-OH is 2. The maximum absolute atomic E-state index is 13.0. The third-order valence-corrected chi connectivity index (χ3v) is 8.11. The average Bonchev–Trinajstić information content (AvgIpc) is 2.93. The summed E-state index contributed by atoms with van der Waals surface area (Å²) in [6, 6.07) is -0.291. The Kier molecular flexibility index (Phi) is 16.5. The van der Waals surface area contributed by atoms with E-state index in [4.69, 9.17) is 4.74 Å². The minimum Gasteiger partial charge on any atom is -0.455 e. The summed E-state index contributed by atoms with van der Waals surface area (Å²) in [5.41, 5.74) is 1.17. The number of rotatable bonds is 7. The van der Waals surface area contributed by atoms with Gasteiger partial charge in [0.15, 0.2) is 0 Å². The first-order valence-electron chi connectivity index (χ1n) is 15.2. The lowest BCUT2D eigenvalue weighted by molar-refractivity contribution is -0.142. The van der Waals surface area contributed by atoms with Crippen LogP contribution < -0.4 is 5.32 Å². The molecule has 1 amide bonds. The molecule has 0 radical (unpaired) electrons. The third-order valence-electron chi connectivity index (χ3n) is 8.11. The van der Waals surface area contributed by atoms with E-state index < -0.39 is 42.0 Å². The van der Waals surface area contributed by atoms with Gasteiger partial charge in [0.05, 0.1) is 18.6 Å². The van der Waals surface area contributed by atoms with Crippen LogP contribution in [0.5, 0.6) is 0 Å². The van der Waals surface area contributed by atoms with Crippen LogP contribution in [0.3, 0.4) is 0 Å². The number of hydrogen-bond acceptors (Lipinski definition) is 7. The Morgan fingerprint density at radius 2 is 1.76 bits per heavy atom. The predicted octanol–water partition coefficient (Wildman–Crippen LogP) is 5.19. The maximum Gasteiger partial charge on any atom is 0.333 e. The quantitative estimate of drug-likeness (QED) is 0.162. The van der Waals surface area contributed by atoms with E-state index in [9.17, 15) is 29.4 Å². The minimum atomic E-state index is -0.984. The summed E-state index contributed by atoms with van der Waals surface area (Å²) >= 11 is 0. The van der Waals surface area contributed by atoms with Gasteiger partial charge in [-0.3, -0.25) is 14.4 Å². The molecule has 0 spiro atoms. The number of esters is 1. The molecule has 0 saturated carbocycles. The fraction of sp³-hybridized carbons (Fsp3) is 0.647. The number of carbonyl (C=O) groups excluding carboxylic acids is 4. The van der Waals surface area contributed by atoms with E-state index in [0.717, 1.165) is 5.57 Å². The zero-order valence-corrected chi connectivity index (χ0v) is 26.6. The summed E-state index contributed by atoms with van der Waals surface area (Å²) in [4.78, 5) is 51.0. The lowest BCUT2D eigenvalue weighted by Gasteiger charge is -2.23. The number of nitrogens with one attached hydrogen (secondary N) is 1.